The zero-order chi connectivity index (χ0) is 14.0. The molecule has 1 aliphatic carbocycles. The first-order valence-corrected chi connectivity index (χ1v) is 8.40. The van der Waals surface area contributed by atoms with E-state index in [1.807, 2.05) is 16.8 Å². The van der Waals surface area contributed by atoms with Gasteiger partial charge < -0.3 is 10.4 Å². The van der Waals surface area contributed by atoms with Gasteiger partial charge in [-0.3, -0.25) is 4.79 Å². The second-order valence-electron chi connectivity index (χ2n) is 5.14. The van der Waals surface area contributed by atoms with Gasteiger partial charge in [0.25, 0.3) is 5.91 Å². The molecule has 2 heterocycles. The molecule has 106 valence electrons. The zero-order valence-corrected chi connectivity index (χ0v) is 12.6. The van der Waals surface area contributed by atoms with Crippen LogP contribution in [0.1, 0.15) is 35.4 Å². The monoisotopic (exact) mass is 308 g/mol. The zero-order valence-electron chi connectivity index (χ0n) is 11.0. The third-order valence-corrected chi connectivity index (χ3v) is 5.47. The van der Waals surface area contributed by atoms with Crippen molar-refractivity contribution in [2.75, 3.05) is 6.61 Å². The summed E-state index contributed by atoms with van der Waals surface area (Å²) in [6.07, 6.45) is 5.44. The second kappa shape index (κ2) is 5.63. The number of aliphatic hydroxyl groups is 1. The lowest BCUT2D eigenvalue weighted by molar-refractivity contribution is 0.0842. The average molecular weight is 308 g/mol. The molecule has 0 unspecified atom stereocenters. The molecule has 2 aromatic rings. The number of carbonyl (C=O) groups excluding carboxylic acids is 1. The molecule has 0 aromatic carbocycles. The van der Waals surface area contributed by atoms with Crippen LogP contribution >= 0.6 is 22.7 Å². The van der Waals surface area contributed by atoms with Crippen molar-refractivity contribution >= 4 is 28.6 Å². The fourth-order valence-electron chi connectivity index (χ4n) is 2.58. The molecule has 2 aromatic heterocycles. The Morgan fingerprint density at radius 3 is 2.90 bits per heavy atom. The minimum atomic E-state index is -0.427. The van der Waals surface area contributed by atoms with Crippen molar-refractivity contribution in [2.24, 2.45) is 0 Å². The molecule has 0 bridgehead atoms. The largest absolute Gasteiger partial charge is 0.394 e. The molecule has 0 radical (unpaired) electrons. The quantitative estimate of drug-likeness (QED) is 0.913. The van der Waals surface area contributed by atoms with E-state index in [1.54, 1.807) is 17.5 Å². The van der Waals surface area contributed by atoms with Crippen LogP contribution in [0.5, 0.6) is 0 Å². The summed E-state index contributed by atoms with van der Waals surface area (Å²) in [6.45, 7) is 0.00886. The SMILES string of the molecule is O=C(NC1(CO)CCCC1)c1cnc(-c2ccsc2)s1. The van der Waals surface area contributed by atoms with Crippen LogP contribution in [0.2, 0.25) is 0 Å². The van der Waals surface area contributed by atoms with Crippen molar-refractivity contribution in [3.63, 3.8) is 0 Å². The number of aliphatic hydroxyl groups excluding tert-OH is 1. The lowest BCUT2D eigenvalue weighted by atomic mass is 9.99. The van der Waals surface area contributed by atoms with Crippen molar-refractivity contribution in [2.45, 2.75) is 31.2 Å². The Labute approximate surface area is 125 Å². The summed E-state index contributed by atoms with van der Waals surface area (Å²) in [5, 5.41) is 17.4. The first kappa shape index (κ1) is 13.7. The number of rotatable bonds is 4. The van der Waals surface area contributed by atoms with E-state index in [0.717, 1.165) is 36.3 Å². The van der Waals surface area contributed by atoms with Crippen molar-refractivity contribution in [1.82, 2.24) is 10.3 Å². The highest BCUT2D eigenvalue weighted by molar-refractivity contribution is 7.17. The number of hydrogen-bond acceptors (Lipinski definition) is 5. The second-order valence-corrected chi connectivity index (χ2v) is 6.95. The number of thiophene rings is 1. The van der Waals surface area contributed by atoms with Crippen LogP contribution in [0.4, 0.5) is 0 Å². The number of carbonyl (C=O) groups is 1. The molecule has 4 nitrogen and oxygen atoms in total. The smallest absolute Gasteiger partial charge is 0.263 e. The Balaban J connectivity index is 1.74. The molecule has 0 saturated heterocycles. The highest BCUT2D eigenvalue weighted by atomic mass is 32.1. The van der Waals surface area contributed by atoms with Crippen LogP contribution in [0.15, 0.2) is 23.0 Å². The van der Waals surface area contributed by atoms with Gasteiger partial charge in [-0.2, -0.15) is 11.3 Å². The molecule has 1 amide bonds. The molecule has 1 aliphatic rings. The van der Waals surface area contributed by atoms with Gasteiger partial charge in [-0.15, -0.1) is 11.3 Å². The summed E-state index contributed by atoms with van der Waals surface area (Å²) < 4.78 is 0. The molecule has 0 aliphatic heterocycles. The average Bonchev–Trinajstić information content (AvgIpc) is 3.19. The van der Waals surface area contributed by atoms with Crippen molar-refractivity contribution < 1.29 is 9.90 Å². The Bertz CT molecular complexity index is 586. The minimum absolute atomic E-state index is 0.00886. The van der Waals surface area contributed by atoms with Gasteiger partial charge in [0, 0.05) is 10.9 Å². The number of nitrogens with zero attached hydrogens (tertiary/aromatic N) is 1. The minimum Gasteiger partial charge on any atom is -0.394 e. The third kappa shape index (κ3) is 2.63. The van der Waals surface area contributed by atoms with Crippen LogP contribution in [-0.4, -0.2) is 28.1 Å². The maximum atomic E-state index is 12.3. The number of thiazole rings is 1. The summed E-state index contributed by atoms with van der Waals surface area (Å²) in [5.41, 5.74) is 0.626. The fraction of sp³-hybridized carbons (Fsp3) is 0.429. The summed E-state index contributed by atoms with van der Waals surface area (Å²) in [7, 11) is 0. The number of aromatic nitrogens is 1. The number of nitrogens with one attached hydrogen (secondary N) is 1. The highest BCUT2D eigenvalue weighted by Gasteiger charge is 2.35. The maximum absolute atomic E-state index is 12.3. The van der Waals surface area contributed by atoms with Gasteiger partial charge in [0.15, 0.2) is 0 Å². The molecule has 6 heteroatoms. The predicted octanol–water partition coefficient (Wildman–Crippen LogP) is 2.91. The van der Waals surface area contributed by atoms with Crippen molar-refractivity contribution in [3.05, 3.63) is 27.9 Å². The molecule has 1 saturated carbocycles. The van der Waals surface area contributed by atoms with Gasteiger partial charge in [-0.05, 0) is 24.3 Å². The summed E-state index contributed by atoms with van der Waals surface area (Å²) in [6, 6.07) is 2.00. The van der Waals surface area contributed by atoms with E-state index in [1.165, 1.54) is 11.3 Å². The van der Waals surface area contributed by atoms with E-state index in [9.17, 15) is 9.90 Å². The molecule has 20 heavy (non-hydrogen) atoms. The Morgan fingerprint density at radius 1 is 1.45 bits per heavy atom. The number of amides is 1. The van der Waals surface area contributed by atoms with E-state index in [2.05, 4.69) is 10.3 Å². The van der Waals surface area contributed by atoms with Crippen LogP contribution < -0.4 is 5.32 Å². The van der Waals surface area contributed by atoms with E-state index < -0.39 is 5.54 Å². The molecular weight excluding hydrogens is 292 g/mol. The molecule has 3 rings (SSSR count). The van der Waals surface area contributed by atoms with E-state index in [0.29, 0.717) is 4.88 Å². The van der Waals surface area contributed by atoms with Gasteiger partial charge in [0.1, 0.15) is 9.88 Å². The van der Waals surface area contributed by atoms with Gasteiger partial charge in [-0.25, -0.2) is 4.98 Å². The summed E-state index contributed by atoms with van der Waals surface area (Å²) in [4.78, 5) is 17.2. The van der Waals surface area contributed by atoms with Crippen LogP contribution in [0, 0.1) is 0 Å². The van der Waals surface area contributed by atoms with Crippen molar-refractivity contribution in [1.29, 1.82) is 0 Å². The lowest BCUT2D eigenvalue weighted by Gasteiger charge is -2.27. The summed E-state index contributed by atoms with van der Waals surface area (Å²) >= 11 is 3.01. The van der Waals surface area contributed by atoms with Gasteiger partial charge >= 0.3 is 0 Å². The Hall–Kier alpha value is -1.24. The molecule has 2 N–H and O–H groups in total. The standard InChI is InChI=1S/C14H16N2O2S2/c17-9-14(4-1-2-5-14)16-12(18)11-7-15-13(20-11)10-3-6-19-8-10/h3,6-8,17H,1-2,4-5,9H2,(H,16,18). The predicted molar refractivity (Wildman–Crippen MR) is 81.2 cm³/mol. The maximum Gasteiger partial charge on any atom is 0.263 e. The normalized spacial score (nSPS) is 17.2. The van der Waals surface area contributed by atoms with Gasteiger partial charge in [-0.1, -0.05) is 12.8 Å². The Kier molecular flexibility index (Phi) is 3.87. The molecule has 0 spiro atoms. The van der Waals surface area contributed by atoms with Crippen LogP contribution in [-0.2, 0) is 0 Å². The third-order valence-electron chi connectivity index (χ3n) is 3.74. The van der Waals surface area contributed by atoms with Crippen LogP contribution in [0.25, 0.3) is 10.6 Å². The molecule has 0 atom stereocenters. The summed E-state index contributed by atoms with van der Waals surface area (Å²) in [5.74, 6) is -0.125. The first-order valence-electron chi connectivity index (χ1n) is 6.64. The van der Waals surface area contributed by atoms with Crippen molar-refractivity contribution in [3.8, 4) is 10.6 Å². The van der Waals surface area contributed by atoms with E-state index in [-0.39, 0.29) is 12.5 Å². The lowest BCUT2D eigenvalue weighted by Crippen LogP contribution is -2.49. The number of hydrogen-bond donors (Lipinski definition) is 2. The first-order chi connectivity index (χ1) is 9.72. The van der Waals surface area contributed by atoms with Gasteiger partial charge in [0.2, 0.25) is 0 Å². The molecule has 1 fully saturated rings. The molecular formula is C14H16N2O2S2. The van der Waals surface area contributed by atoms with E-state index in [4.69, 9.17) is 0 Å². The van der Waals surface area contributed by atoms with Crippen LogP contribution in [0.3, 0.4) is 0 Å². The Morgan fingerprint density at radius 2 is 2.25 bits per heavy atom. The van der Waals surface area contributed by atoms with Gasteiger partial charge in [0.05, 0.1) is 18.3 Å². The highest BCUT2D eigenvalue weighted by Crippen LogP contribution is 2.31. The van der Waals surface area contributed by atoms with E-state index >= 15 is 0 Å². The fourth-order valence-corrected chi connectivity index (χ4v) is 4.10. The topological polar surface area (TPSA) is 62.2 Å².